The van der Waals surface area contributed by atoms with Gasteiger partial charge in [-0.1, -0.05) is 25.9 Å². The Morgan fingerprint density at radius 2 is 2.12 bits per heavy atom. The van der Waals surface area contributed by atoms with Gasteiger partial charge in [0.1, 0.15) is 11.6 Å². The molecule has 6 nitrogen and oxygen atoms in total. The first-order chi connectivity index (χ1) is 7.80. The van der Waals surface area contributed by atoms with Crippen LogP contribution in [0.3, 0.4) is 0 Å². The van der Waals surface area contributed by atoms with Gasteiger partial charge in [-0.25, -0.2) is 9.69 Å². The molecule has 1 N–H and O–H groups in total. The first-order valence-electron chi connectivity index (χ1n) is 5.40. The number of carbonyl (C=O) groups excluding carboxylic acids is 1. The minimum absolute atomic E-state index is 0.165. The number of hydrogen-bond acceptors (Lipinski definition) is 4. The van der Waals surface area contributed by atoms with Gasteiger partial charge in [0.15, 0.2) is 5.82 Å². The van der Waals surface area contributed by atoms with Crippen molar-refractivity contribution in [3.05, 3.63) is 11.8 Å². The van der Waals surface area contributed by atoms with E-state index < -0.39 is 0 Å². The van der Waals surface area contributed by atoms with Crippen LogP contribution in [0.25, 0.3) is 0 Å². The smallest absolute Gasteiger partial charge is 0.331 e. The number of likely N-dealkylation sites (N-methyl/N-ethyl adjacent to an activating group) is 1. The van der Waals surface area contributed by atoms with Crippen LogP contribution in [0.1, 0.15) is 26.5 Å². The van der Waals surface area contributed by atoms with Gasteiger partial charge >= 0.3 is 6.03 Å². The molecule has 0 saturated carbocycles. The second kappa shape index (κ2) is 3.58. The van der Waals surface area contributed by atoms with Crippen molar-refractivity contribution in [2.45, 2.75) is 26.2 Å². The highest BCUT2D eigenvalue weighted by Gasteiger charge is 2.35. The summed E-state index contributed by atoms with van der Waals surface area (Å²) in [6, 6.07) is 1.47. The van der Waals surface area contributed by atoms with E-state index in [2.05, 4.69) is 5.16 Å². The Bertz CT molecular complexity index is 472. The van der Waals surface area contributed by atoms with Gasteiger partial charge in [-0.15, -0.1) is 0 Å². The summed E-state index contributed by atoms with van der Waals surface area (Å²) in [7, 11) is 1.65. The van der Waals surface area contributed by atoms with E-state index in [1.807, 2.05) is 20.8 Å². The van der Waals surface area contributed by atoms with E-state index in [0.717, 1.165) is 0 Å². The number of anilines is 1. The zero-order valence-electron chi connectivity index (χ0n) is 10.4. The monoisotopic (exact) mass is 236 g/mol. The molecule has 1 fully saturated rings. The Morgan fingerprint density at radius 3 is 2.53 bits per heavy atom. The largest absolute Gasteiger partial charge is 0.359 e. The first-order valence-corrected chi connectivity index (χ1v) is 5.40. The summed E-state index contributed by atoms with van der Waals surface area (Å²) in [5, 5.41) is 11.6. The van der Waals surface area contributed by atoms with Gasteiger partial charge < -0.3 is 9.42 Å². The van der Waals surface area contributed by atoms with Crippen LogP contribution in [0.5, 0.6) is 0 Å². The number of nitrogens with one attached hydrogen (secondary N) is 1. The molecule has 0 aromatic carbocycles. The molecule has 0 atom stereocenters. The summed E-state index contributed by atoms with van der Waals surface area (Å²) in [5.41, 5.74) is -0.165. The fourth-order valence-electron chi connectivity index (χ4n) is 1.61. The quantitative estimate of drug-likeness (QED) is 0.808. The van der Waals surface area contributed by atoms with Crippen molar-refractivity contribution in [3.63, 3.8) is 0 Å². The Morgan fingerprint density at radius 1 is 1.47 bits per heavy atom. The van der Waals surface area contributed by atoms with E-state index in [4.69, 9.17) is 9.93 Å². The third-order valence-electron chi connectivity index (χ3n) is 2.64. The number of urea groups is 1. The van der Waals surface area contributed by atoms with Crippen molar-refractivity contribution < 1.29 is 9.32 Å². The van der Waals surface area contributed by atoms with Crippen molar-refractivity contribution in [1.82, 2.24) is 10.1 Å². The van der Waals surface area contributed by atoms with Crippen LogP contribution in [0.2, 0.25) is 0 Å². The van der Waals surface area contributed by atoms with Crippen LogP contribution < -0.4 is 4.90 Å². The second-order valence-corrected chi connectivity index (χ2v) is 5.22. The fraction of sp³-hybridized carbons (Fsp3) is 0.545. The Balaban J connectivity index is 2.33. The lowest BCUT2D eigenvalue weighted by Gasteiger charge is -2.13. The van der Waals surface area contributed by atoms with Crippen molar-refractivity contribution in [3.8, 4) is 0 Å². The van der Waals surface area contributed by atoms with Crippen LogP contribution in [0.4, 0.5) is 10.6 Å². The van der Waals surface area contributed by atoms with Crippen LogP contribution in [-0.4, -0.2) is 35.5 Å². The van der Waals surface area contributed by atoms with Crippen LogP contribution >= 0.6 is 0 Å². The highest BCUT2D eigenvalue weighted by molar-refractivity contribution is 6.20. The van der Waals surface area contributed by atoms with Crippen molar-refractivity contribution in [2.75, 3.05) is 18.5 Å². The molecule has 1 aromatic heterocycles. The molecule has 1 aliphatic rings. The number of amides is 2. The molecule has 1 saturated heterocycles. The van der Waals surface area contributed by atoms with Crippen molar-refractivity contribution in [1.29, 1.82) is 5.41 Å². The highest BCUT2D eigenvalue weighted by Crippen LogP contribution is 2.27. The maximum absolute atomic E-state index is 11.8. The molecule has 2 amide bonds. The molecular weight excluding hydrogens is 220 g/mol. The highest BCUT2D eigenvalue weighted by atomic mass is 16.5. The molecule has 0 bridgehead atoms. The molecule has 0 spiro atoms. The van der Waals surface area contributed by atoms with Gasteiger partial charge in [-0.2, -0.15) is 0 Å². The van der Waals surface area contributed by atoms with Gasteiger partial charge in [0, 0.05) is 18.5 Å². The third-order valence-corrected chi connectivity index (χ3v) is 2.64. The Hall–Kier alpha value is -1.85. The van der Waals surface area contributed by atoms with E-state index in [-0.39, 0.29) is 17.3 Å². The topological polar surface area (TPSA) is 73.4 Å². The second-order valence-electron chi connectivity index (χ2n) is 5.22. The summed E-state index contributed by atoms with van der Waals surface area (Å²) in [6.07, 6.45) is 0. The predicted octanol–water partition coefficient (Wildman–Crippen LogP) is 1.82. The van der Waals surface area contributed by atoms with Gasteiger partial charge in [-0.05, 0) is 0 Å². The zero-order chi connectivity index (χ0) is 12.8. The zero-order valence-corrected chi connectivity index (χ0v) is 10.4. The number of amidine groups is 1. The molecule has 92 valence electrons. The molecule has 0 aliphatic carbocycles. The SMILES string of the molecule is CN1CC(=N)N(c2cc(C(C)(C)C)on2)C1=O. The standard InChI is InChI=1S/C11H16N4O2/c1-11(2,3)7-5-9(13-17-7)15-8(12)6-14(4)10(15)16/h5,12H,6H2,1-4H3. The van der Waals surface area contributed by atoms with E-state index in [0.29, 0.717) is 18.1 Å². The molecule has 1 aliphatic heterocycles. The van der Waals surface area contributed by atoms with Gasteiger partial charge in [0.25, 0.3) is 0 Å². The summed E-state index contributed by atoms with van der Waals surface area (Å²) < 4.78 is 5.21. The van der Waals surface area contributed by atoms with Crippen molar-refractivity contribution in [2.24, 2.45) is 0 Å². The average Bonchev–Trinajstić information content (AvgIpc) is 2.73. The van der Waals surface area contributed by atoms with Crippen molar-refractivity contribution >= 4 is 17.7 Å². The fourth-order valence-corrected chi connectivity index (χ4v) is 1.61. The lowest BCUT2D eigenvalue weighted by Crippen LogP contribution is -2.31. The number of rotatable bonds is 1. The van der Waals surface area contributed by atoms with Gasteiger partial charge in [-0.3, -0.25) is 5.41 Å². The van der Waals surface area contributed by atoms with Crippen LogP contribution in [0, 0.1) is 5.41 Å². The lowest BCUT2D eigenvalue weighted by atomic mass is 9.93. The molecule has 1 aromatic rings. The molecule has 17 heavy (non-hydrogen) atoms. The number of carbonyl (C=O) groups is 1. The Labute approximate surface area is 99.7 Å². The minimum Gasteiger partial charge on any atom is -0.359 e. The normalized spacial score (nSPS) is 17.2. The van der Waals surface area contributed by atoms with E-state index in [1.54, 1.807) is 13.1 Å². The number of hydrogen-bond donors (Lipinski definition) is 1. The third kappa shape index (κ3) is 1.90. The number of aromatic nitrogens is 1. The molecule has 0 radical (unpaired) electrons. The van der Waals surface area contributed by atoms with E-state index in [9.17, 15) is 4.79 Å². The Kier molecular flexibility index (Phi) is 2.45. The lowest BCUT2D eigenvalue weighted by molar-refractivity contribution is 0.229. The molecular formula is C11H16N4O2. The van der Waals surface area contributed by atoms with Gasteiger partial charge in [0.05, 0.1) is 6.54 Å². The summed E-state index contributed by atoms with van der Waals surface area (Å²) in [5.74, 6) is 1.29. The molecule has 2 rings (SSSR count). The maximum Gasteiger partial charge on any atom is 0.331 e. The molecule has 2 heterocycles. The first kappa shape index (κ1) is 11.6. The average molecular weight is 236 g/mol. The molecule has 0 unspecified atom stereocenters. The predicted molar refractivity (Wildman–Crippen MR) is 63.4 cm³/mol. The van der Waals surface area contributed by atoms with Gasteiger partial charge in [0.2, 0.25) is 0 Å². The number of nitrogens with zero attached hydrogens (tertiary/aromatic N) is 3. The minimum atomic E-state index is -0.247. The summed E-state index contributed by atoms with van der Waals surface area (Å²) >= 11 is 0. The maximum atomic E-state index is 11.8. The van der Waals surface area contributed by atoms with Crippen LogP contribution in [0.15, 0.2) is 10.6 Å². The summed E-state index contributed by atoms with van der Waals surface area (Å²) in [4.78, 5) is 14.5. The van der Waals surface area contributed by atoms with E-state index in [1.165, 1.54) is 9.80 Å². The van der Waals surface area contributed by atoms with E-state index >= 15 is 0 Å². The summed E-state index contributed by atoms with van der Waals surface area (Å²) in [6.45, 7) is 6.30. The van der Waals surface area contributed by atoms with Crippen LogP contribution in [-0.2, 0) is 5.41 Å². The molecule has 6 heteroatoms.